The summed E-state index contributed by atoms with van der Waals surface area (Å²) in [6.45, 7) is 2.57. The van der Waals surface area contributed by atoms with E-state index in [1.54, 1.807) is 31.3 Å². The van der Waals surface area contributed by atoms with Gasteiger partial charge in [0, 0.05) is 12.7 Å². The zero-order valence-electron chi connectivity index (χ0n) is 15.0. The van der Waals surface area contributed by atoms with E-state index in [1.807, 2.05) is 31.2 Å². The highest BCUT2D eigenvalue weighted by Crippen LogP contribution is 2.25. The SMILES string of the molecule is CCOc1ccc(Oc2ccc(NC(=O)CSc3nnnn3C)cc2)cc1. The van der Waals surface area contributed by atoms with Gasteiger partial charge in [0.15, 0.2) is 0 Å². The van der Waals surface area contributed by atoms with Gasteiger partial charge < -0.3 is 14.8 Å². The van der Waals surface area contributed by atoms with Crippen LogP contribution in [0.2, 0.25) is 0 Å². The Hall–Kier alpha value is -3.07. The number of hydrogen-bond donors (Lipinski definition) is 1. The van der Waals surface area contributed by atoms with Gasteiger partial charge in [0.05, 0.1) is 12.4 Å². The fourth-order valence-electron chi connectivity index (χ4n) is 2.18. The number of ether oxygens (including phenoxy) is 2. The number of carbonyl (C=O) groups is 1. The summed E-state index contributed by atoms with van der Waals surface area (Å²) in [7, 11) is 1.73. The van der Waals surface area contributed by atoms with Gasteiger partial charge in [-0.25, -0.2) is 4.68 Å². The van der Waals surface area contributed by atoms with Crippen molar-refractivity contribution < 1.29 is 14.3 Å². The molecule has 1 aromatic heterocycles. The van der Waals surface area contributed by atoms with Crippen LogP contribution in [0.1, 0.15) is 6.92 Å². The van der Waals surface area contributed by atoms with Gasteiger partial charge >= 0.3 is 0 Å². The van der Waals surface area contributed by atoms with Crippen molar-refractivity contribution >= 4 is 23.4 Å². The average Bonchev–Trinajstić information content (AvgIpc) is 3.08. The van der Waals surface area contributed by atoms with Crippen LogP contribution >= 0.6 is 11.8 Å². The van der Waals surface area contributed by atoms with E-state index < -0.39 is 0 Å². The number of nitrogens with zero attached hydrogens (tertiary/aromatic N) is 4. The van der Waals surface area contributed by atoms with Gasteiger partial charge in [-0.2, -0.15) is 0 Å². The minimum absolute atomic E-state index is 0.136. The normalized spacial score (nSPS) is 10.4. The lowest BCUT2D eigenvalue weighted by Crippen LogP contribution is -2.14. The summed E-state index contributed by atoms with van der Waals surface area (Å²) in [5.41, 5.74) is 0.690. The molecular formula is C18H19N5O3S. The van der Waals surface area contributed by atoms with Crippen LogP contribution in [0.15, 0.2) is 53.7 Å². The van der Waals surface area contributed by atoms with Crippen molar-refractivity contribution in [3.05, 3.63) is 48.5 Å². The molecule has 27 heavy (non-hydrogen) atoms. The van der Waals surface area contributed by atoms with Gasteiger partial charge in [-0.05, 0) is 65.9 Å². The monoisotopic (exact) mass is 385 g/mol. The molecule has 3 rings (SSSR count). The van der Waals surface area contributed by atoms with E-state index in [0.29, 0.717) is 28.9 Å². The standard InChI is InChI=1S/C18H19N5O3S/c1-3-25-14-8-10-16(11-9-14)26-15-6-4-13(5-7-15)19-17(24)12-27-18-20-21-22-23(18)2/h4-11H,3,12H2,1-2H3,(H,19,24). The summed E-state index contributed by atoms with van der Waals surface area (Å²) < 4.78 is 12.7. The molecule has 9 heteroatoms. The zero-order chi connectivity index (χ0) is 19.1. The fraction of sp³-hybridized carbons (Fsp3) is 0.222. The van der Waals surface area contributed by atoms with E-state index >= 15 is 0 Å². The van der Waals surface area contributed by atoms with Crippen molar-refractivity contribution in [1.82, 2.24) is 20.2 Å². The molecular weight excluding hydrogens is 366 g/mol. The third-order valence-electron chi connectivity index (χ3n) is 3.42. The molecule has 0 radical (unpaired) electrons. The number of nitrogens with one attached hydrogen (secondary N) is 1. The first-order chi connectivity index (χ1) is 13.1. The van der Waals surface area contributed by atoms with Crippen LogP contribution in [0, 0.1) is 0 Å². The molecule has 0 unspecified atom stereocenters. The van der Waals surface area contributed by atoms with Crippen LogP contribution in [-0.2, 0) is 11.8 Å². The number of hydrogen-bond acceptors (Lipinski definition) is 7. The van der Waals surface area contributed by atoms with E-state index in [4.69, 9.17) is 9.47 Å². The predicted octanol–water partition coefficient (Wildman–Crippen LogP) is 3.13. The Kier molecular flexibility index (Phi) is 6.26. The van der Waals surface area contributed by atoms with Crippen molar-refractivity contribution in [2.24, 2.45) is 7.05 Å². The molecule has 1 N–H and O–H groups in total. The van der Waals surface area contributed by atoms with Crippen molar-refractivity contribution in [3.8, 4) is 17.2 Å². The van der Waals surface area contributed by atoms with Gasteiger partial charge in [-0.15, -0.1) is 5.10 Å². The van der Waals surface area contributed by atoms with Crippen LogP contribution in [-0.4, -0.2) is 38.5 Å². The lowest BCUT2D eigenvalue weighted by Gasteiger charge is -2.09. The molecule has 0 spiro atoms. The molecule has 1 heterocycles. The number of aryl methyl sites for hydroxylation is 1. The van der Waals surface area contributed by atoms with Crippen LogP contribution in [0.25, 0.3) is 0 Å². The number of aromatic nitrogens is 4. The number of anilines is 1. The van der Waals surface area contributed by atoms with E-state index in [1.165, 1.54) is 16.4 Å². The largest absolute Gasteiger partial charge is 0.494 e. The molecule has 0 saturated carbocycles. The number of carbonyl (C=O) groups excluding carboxylic acids is 1. The molecule has 0 saturated heterocycles. The lowest BCUT2D eigenvalue weighted by atomic mass is 10.3. The molecule has 0 aliphatic carbocycles. The summed E-state index contributed by atoms with van der Waals surface area (Å²) in [4.78, 5) is 12.0. The van der Waals surface area contributed by atoms with Crippen molar-refractivity contribution in [1.29, 1.82) is 0 Å². The lowest BCUT2D eigenvalue weighted by molar-refractivity contribution is -0.113. The van der Waals surface area contributed by atoms with Crippen molar-refractivity contribution in [2.75, 3.05) is 17.7 Å². The van der Waals surface area contributed by atoms with Gasteiger partial charge in [0.25, 0.3) is 0 Å². The molecule has 1 amide bonds. The second kappa shape index (κ2) is 9.04. The Bertz CT molecular complexity index is 881. The maximum atomic E-state index is 12.0. The molecule has 2 aromatic carbocycles. The smallest absolute Gasteiger partial charge is 0.234 e. The highest BCUT2D eigenvalue weighted by molar-refractivity contribution is 7.99. The highest BCUT2D eigenvalue weighted by atomic mass is 32.2. The predicted molar refractivity (Wildman–Crippen MR) is 102 cm³/mol. The Morgan fingerprint density at radius 3 is 2.30 bits per heavy atom. The quantitative estimate of drug-likeness (QED) is 0.596. The topological polar surface area (TPSA) is 91.2 Å². The summed E-state index contributed by atoms with van der Waals surface area (Å²) in [6.07, 6.45) is 0. The molecule has 3 aromatic rings. The zero-order valence-corrected chi connectivity index (χ0v) is 15.8. The highest BCUT2D eigenvalue weighted by Gasteiger charge is 2.08. The second-order valence-electron chi connectivity index (χ2n) is 5.45. The Balaban J connectivity index is 1.50. The molecule has 140 valence electrons. The minimum Gasteiger partial charge on any atom is -0.494 e. The Morgan fingerprint density at radius 1 is 1.07 bits per heavy atom. The van der Waals surface area contributed by atoms with Crippen LogP contribution in [0.4, 0.5) is 5.69 Å². The molecule has 0 atom stereocenters. The Morgan fingerprint density at radius 2 is 1.70 bits per heavy atom. The maximum absolute atomic E-state index is 12.0. The molecule has 0 fully saturated rings. The van der Waals surface area contributed by atoms with Gasteiger partial charge in [-0.1, -0.05) is 11.8 Å². The van der Waals surface area contributed by atoms with Crippen molar-refractivity contribution in [3.63, 3.8) is 0 Å². The summed E-state index contributed by atoms with van der Waals surface area (Å²) in [5.74, 6) is 2.28. The van der Waals surface area contributed by atoms with Gasteiger partial charge in [0.1, 0.15) is 17.2 Å². The van der Waals surface area contributed by atoms with E-state index in [9.17, 15) is 4.79 Å². The minimum atomic E-state index is -0.136. The van der Waals surface area contributed by atoms with Crippen LogP contribution in [0.5, 0.6) is 17.2 Å². The van der Waals surface area contributed by atoms with Crippen LogP contribution < -0.4 is 14.8 Å². The van der Waals surface area contributed by atoms with E-state index in [0.717, 1.165) is 5.75 Å². The number of benzene rings is 2. The number of rotatable bonds is 8. The molecule has 0 aliphatic rings. The first-order valence-electron chi connectivity index (χ1n) is 8.30. The molecule has 0 aliphatic heterocycles. The number of amides is 1. The average molecular weight is 385 g/mol. The summed E-state index contributed by atoms with van der Waals surface area (Å²) in [5, 5.41) is 14.5. The molecule has 0 bridgehead atoms. The third kappa shape index (κ3) is 5.45. The van der Waals surface area contributed by atoms with Gasteiger partial charge in [-0.3, -0.25) is 4.79 Å². The van der Waals surface area contributed by atoms with E-state index in [2.05, 4.69) is 20.8 Å². The maximum Gasteiger partial charge on any atom is 0.234 e. The number of tetrazole rings is 1. The van der Waals surface area contributed by atoms with Gasteiger partial charge in [0.2, 0.25) is 11.1 Å². The first kappa shape index (κ1) is 18.7. The third-order valence-corrected chi connectivity index (χ3v) is 4.43. The van der Waals surface area contributed by atoms with Crippen LogP contribution in [0.3, 0.4) is 0 Å². The Labute approximate surface area is 160 Å². The summed E-state index contributed by atoms with van der Waals surface area (Å²) >= 11 is 1.27. The first-order valence-corrected chi connectivity index (χ1v) is 9.28. The summed E-state index contributed by atoms with van der Waals surface area (Å²) in [6, 6.07) is 14.6. The molecule has 8 nitrogen and oxygen atoms in total. The number of thioether (sulfide) groups is 1. The van der Waals surface area contributed by atoms with E-state index in [-0.39, 0.29) is 11.7 Å². The second-order valence-corrected chi connectivity index (χ2v) is 6.40. The van der Waals surface area contributed by atoms with Crippen molar-refractivity contribution in [2.45, 2.75) is 12.1 Å². The fourth-order valence-corrected chi connectivity index (χ4v) is 2.83.